The average Bonchev–Trinajstić information content (AvgIpc) is 2.98. The summed E-state index contributed by atoms with van der Waals surface area (Å²) in [6, 6.07) is 7.46. The molecule has 0 aliphatic carbocycles. The normalized spacial score (nSPS) is 10.3. The first kappa shape index (κ1) is 16.2. The van der Waals surface area contributed by atoms with Crippen molar-refractivity contribution in [2.24, 2.45) is 0 Å². The second kappa shape index (κ2) is 8.29. The molecule has 0 atom stereocenters. The molecule has 0 saturated heterocycles. The lowest BCUT2D eigenvalue weighted by molar-refractivity contribution is 0.150. The van der Waals surface area contributed by atoms with Crippen LogP contribution in [0.1, 0.15) is 12.5 Å². The number of nitrogens with one attached hydrogen (secondary N) is 1. The van der Waals surface area contributed by atoms with Gasteiger partial charge >= 0.3 is 6.09 Å². The zero-order chi connectivity index (χ0) is 15.8. The summed E-state index contributed by atoms with van der Waals surface area (Å²) in [5.41, 5.74) is 1.03. The first-order valence-electron chi connectivity index (χ1n) is 6.98. The predicted molar refractivity (Wildman–Crippen MR) is 83.3 cm³/mol. The van der Waals surface area contributed by atoms with E-state index in [4.69, 9.17) is 21.1 Å². The Balaban J connectivity index is 1.81. The maximum Gasteiger partial charge on any atom is 0.407 e. The number of rotatable bonds is 7. The number of amides is 1. The summed E-state index contributed by atoms with van der Waals surface area (Å²) in [6.07, 6.45) is 3.17. The van der Waals surface area contributed by atoms with E-state index in [1.54, 1.807) is 13.1 Å². The average molecular weight is 324 g/mol. The largest absolute Gasteiger partial charge is 0.490 e. The molecule has 1 amide bonds. The summed E-state index contributed by atoms with van der Waals surface area (Å²) in [5.74, 6) is 0.580. The molecular formula is C15H18ClN3O3. The minimum atomic E-state index is -0.452. The fourth-order valence-corrected chi connectivity index (χ4v) is 2.09. The summed E-state index contributed by atoms with van der Waals surface area (Å²) in [5, 5.41) is 7.25. The monoisotopic (exact) mass is 323 g/mol. The van der Waals surface area contributed by atoms with E-state index in [9.17, 15) is 4.79 Å². The number of carbonyl (C=O) groups is 1. The third-order valence-corrected chi connectivity index (χ3v) is 3.10. The molecule has 2 rings (SSSR count). The Morgan fingerprint density at radius 1 is 1.45 bits per heavy atom. The molecule has 0 radical (unpaired) electrons. The zero-order valence-corrected chi connectivity index (χ0v) is 13.0. The summed E-state index contributed by atoms with van der Waals surface area (Å²) < 4.78 is 12.1. The Hall–Kier alpha value is -2.21. The van der Waals surface area contributed by atoms with Gasteiger partial charge in [-0.3, -0.25) is 4.68 Å². The van der Waals surface area contributed by atoms with Crippen LogP contribution < -0.4 is 10.1 Å². The Labute approximate surface area is 134 Å². The third kappa shape index (κ3) is 4.96. The van der Waals surface area contributed by atoms with Crippen molar-refractivity contribution >= 4 is 17.7 Å². The van der Waals surface area contributed by atoms with E-state index in [1.807, 2.05) is 35.1 Å². The van der Waals surface area contributed by atoms with E-state index in [0.29, 0.717) is 37.1 Å². The molecule has 1 N–H and O–H groups in total. The molecule has 22 heavy (non-hydrogen) atoms. The number of hydrogen-bond donors (Lipinski definition) is 1. The molecule has 1 heterocycles. The molecule has 2 aromatic rings. The highest BCUT2D eigenvalue weighted by molar-refractivity contribution is 6.32. The Bertz CT molecular complexity index is 602. The van der Waals surface area contributed by atoms with E-state index in [0.717, 1.165) is 5.56 Å². The molecule has 7 heteroatoms. The lowest BCUT2D eigenvalue weighted by atomic mass is 10.2. The second-order valence-electron chi connectivity index (χ2n) is 4.46. The summed E-state index contributed by atoms with van der Waals surface area (Å²) >= 11 is 6.19. The molecule has 0 aliphatic rings. The van der Waals surface area contributed by atoms with Crippen molar-refractivity contribution in [2.45, 2.75) is 13.5 Å². The van der Waals surface area contributed by atoms with Crippen LogP contribution in [0.3, 0.4) is 0 Å². The van der Waals surface area contributed by atoms with Crippen molar-refractivity contribution in [3.8, 4) is 5.75 Å². The van der Waals surface area contributed by atoms with Crippen LogP contribution in [0.15, 0.2) is 36.7 Å². The number of alkyl carbamates (subject to hydrolysis) is 1. The van der Waals surface area contributed by atoms with Gasteiger partial charge in [0.15, 0.2) is 0 Å². The molecule has 0 spiro atoms. The van der Waals surface area contributed by atoms with E-state index < -0.39 is 6.09 Å². The van der Waals surface area contributed by atoms with Crippen LogP contribution in [-0.4, -0.2) is 35.6 Å². The standard InChI is InChI=1S/C15H18ClN3O3/c1-2-21-15(20)17-7-9-22-14-5-4-12(10-13(14)16)11-19-8-3-6-18-19/h3-6,8,10H,2,7,9,11H2,1H3,(H,17,20). The molecule has 6 nitrogen and oxygen atoms in total. The molecule has 1 aromatic carbocycles. The molecule has 118 valence electrons. The molecule has 0 bridgehead atoms. The first-order chi connectivity index (χ1) is 10.7. The van der Waals surface area contributed by atoms with Crippen molar-refractivity contribution in [1.29, 1.82) is 0 Å². The summed E-state index contributed by atoms with van der Waals surface area (Å²) in [7, 11) is 0. The first-order valence-corrected chi connectivity index (χ1v) is 7.36. The number of aromatic nitrogens is 2. The van der Waals surface area contributed by atoms with E-state index >= 15 is 0 Å². The van der Waals surface area contributed by atoms with Crippen molar-refractivity contribution < 1.29 is 14.3 Å². The van der Waals surface area contributed by atoms with Gasteiger partial charge in [-0.2, -0.15) is 5.10 Å². The van der Waals surface area contributed by atoms with Gasteiger partial charge in [0.2, 0.25) is 0 Å². The Morgan fingerprint density at radius 3 is 3.00 bits per heavy atom. The van der Waals surface area contributed by atoms with Crippen molar-refractivity contribution in [3.05, 3.63) is 47.2 Å². The van der Waals surface area contributed by atoms with Crippen molar-refractivity contribution in [3.63, 3.8) is 0 Å². The molecule has 1 aromatic heterocycles. The lowest BCUT2D eigenvalue weighted by Gasteiger charge is -2.10. The van der Waals surface area contributed by atoms with Gasteiger partial charge in [-0.25, -0.2) is 4.79 Å². The second-order valence-corrected chi connectivity index (χ2v) is 4.87. The fraction of sp³-hybridized carbons (Fsp3) is 0.333. The maximum absolute atomic E-state index is 11.1. The van der Waals surface area contributed by atoms with Gasteiger partial charge in [0.25, 0.3) is 0 Å². The number of carbonyl (C=O) groups excluding carboxylic acids is 1. The quantitative estimate of drug-likeness (QED) is 0.796. The van der Waals surface area contributed by atoms with E-state index in [-0.39, 0.29) is 0 Å². The molecule has 0 unspecified atom stereocenters. The van der Waals surface area contributed by atoms with Crippen LogP contribution in [0, 0.1) is 0 Å². The molecular weight excluding hydrogens is 306 g/mol. The number of ether oxygens (including phenoxy) is 2. The van der Waals surface area contributed by atoms with Gasteiger partial charge in [-0.15, -0.1) is 0 Å². The van der Waals surface area contributed by atoms with Gasteiger partial charge in [-0.1, -0.05) is 17.7 Å². The van der Waals surface area contributed by atoms with E-state index in [2.05, 4.69) is 10.4 Å². The van der Waals surface area contributed by atoms with Crippen molar-refractivity contribution in [2.75, 3.05) is 19.8 Å². The minimum Gasteiger partial charge on any atom is -0.490 e. The number of hydrogen-bond acceptors (Lipinski definition) is 4. The van der Waals surface area contributed by atoms with Gasteiger partial charge in [0.1, 0.15) is 12.4 Å². The van der Waals surface area contributed by atoms with Crippen molar-refractivity contribution in [1.82, 2.24) is 15.1 Å². The van der Waals surface area contributed by atoms with Crippen LogP contribution >= 0.6 is 11.6 Å². The van der Waals surface area contributed by atoms with Gasteiger partial charge in [0.05, 0.1) is 24.7 Å². The zero-order valence-electron chi connectivity index (χ0n) is 12.3. The Morgan fingerprint density at radius 2 is 2.32 bits per heavy atom. The highest BCUT2D eigenvalue weighted by Crippen LogP contribution is 2.25. The third-order valence-electron chi connectivity index (χ3n) is 2.80. The SMILES string of the molecule is CCOC(=O)NCCOc1ccc(Cn2cccn2)cc1Cl. The minimum absolute atomic E-state index is 0.317. The lowest BCUT2D eigenvalue weighted by Crippen LogP contribution is -2.28. The smallest absolute Gasteiger partial charge is 0.407 e. The van der Waals surface area contributed by atoms with Gasteiger partial charge < -0.3 is 14.8 Å². The summed E-state index contributed by atoms with van der Waals surface area (Å²) in [6.45, 7) is 3.41. The van der Waals surface area contributed by atoms with Crippen LogP contribution in [0.4, 0.5) is 4.79 Å². The molecule has 0 aliphatic heterocycles. The van der Waals surface area contributed by atoms with Crippen LogP contribution in [0.5, 0.6) is 5.75 Å². The van der Waals surface area contributed by atoms with Crippen LogP contribution in [0.2, 0.25) is 5.02 Å². The highest BCUT2D eigenvalue weighted by atomic mass is 35.5. The molecule has 0 fully saturated rings. The summed E-state index contributed by atoms with van der Waals surface area (Å²) in [4.78, 5) is 11.1. The van der Waals surface area contributed by atoms with E-state index in [1.165, 1.54) is 0 Å². The fourth-order valence-electron chi connectivity index (χ4n) is 1.84. The highest BCUT2D eigenvalue weighted by Gasteiger charge is 2.05. The predicted octanol–water partition coefficient (Wildman–Crippen LogP) is 2.71. The maximum atomic E-state index is 11.1. The number of nitrogens with zero attached hydrogens (tertiary/aromatic N) is 2. The molecule has 0 saturated carbocycles. The Kier molecular flexibility index (Phi) is 6.09. The van der Waals surface area contributed by atoms with Gasteiger partial charge in [0, 0.05) is 12.4 Å². The number of halogens is 1. The number of benzene rings is 1. The van der Waals surface area contributed by atoms with Gasteiger partial charge in [-0.05, 0) is 30.7 Å². The topological polar surface area (TPSA) is 65.4 Å². The van der Waals surface area contributed by atoms with Crippen LogP contribution in [0.25, 0.3) is 0 Å². The van der Waals surface area contributed by atoms with Crippen LogP contribution in [-0.2, 0) is 11.3 Å².